The number of nitrogens with one attached hydrogen (secondary N) is 1. The van der Waals surface area contributed by atoms with E-state index in [1.807, 2.05) is 13.1 Å². The molecule has 8 heteroatoms. The van der Waals surface area contributed by atoms with Crippen LogP contribution in [0.4, 0.5) is 15.0 Å². The second-order valence-corrected chi connectivity index (χ2v) is 7.05. The monoisotopic (exact) mass is 388 g/mol. The Morgan fingerprint density at radius 2 is 2.14 bits per heavy atom. The van der Waals surface area contributed by atoms with Gasteiger partial charge in [0.2, 0.25) is 0 Å². The molecule has 2 N–H and O–H groups in total. The molecule has 2 heterocycles. The van der Waals surface area contributed by atoms with Crippen molar-refractivity contribution in [1.29, 1.82) is 0 Å². The maximum absolute atomic E-state index is 13.8. The van der Waals surface area contributed by atoms with Crippen LogP contribution in [0.2, 0.25) is 0 Å². The van der Waals surface area contributed by atoms with Crippen LogP contribution in [0, 0.1) is 11.7 Å². The van der Waals surface area contributed by atoms with E-state index in [1.165, 1.54) is 6.07 Å². The highest BCUT2D eigenvalue weighted by atomic mass is 19.1. The molecule has 28 heavy (non-hydrogen) atoms. The molecule has 1 fully saturated rings. The first-order valence-electron chi connectivity index (χ1n) is 9.42. The van der Waals surface area contributed by atoms with Crippen molar-refractivity contribution in [3.05, 3.63) is 36.1 Å². The fraction of sp³-hybridized carbons (Fsp3) is 0.450. The molecule has 1 atom stereocenters. The lowest BCUT2D eigenvalue weighted by Gasteiger charge is -2.37. The number of amides is 1. The molecule has 0 saturated carbocycles. The van der Waals surface area contributed by atoms with E-state index in [9.17, 15) is 19.1 Å². The third-order valence-electron chi connectivity index (χ3n) is 5.45. The summed E-state index contributed by atoms with van der Waals surface area (Å²) in [6.45, 7) is 1.74. The molecule has 1 amide bonds. The number of anilines is 1. The van der Waals surface area contributed by atoms with E-state index in [-0.39, 0.29) is 24.9 Å². The zero-order valence-electron chi connectivity index (χ0n) is 15.8. The molecular weight excluding hydrogens is 363 g/mol. The van der Waals surface area contributed by atoms with Gasteiger partial charge in [-0.15, -0.1) is 0 Å². The zero-order chi connectivity index (χ0) is 20.1. The van der Waals surface area contributed by atoms with E-state index < -0.39 is 6.09 Å². The molecule has 1 aliphatic rings. The number of carbonyl (C=O) groups excluding carboxylic acids is 1. The smallest absolute Gasteiger partial charge is 0.407 e. The van der Waals surface area contributed by atoms with Crippen LogP contribution < -0.4 is 10.2 Å². The first-order valence-corrected chi connectivity index (χ1v) is 9.42. The van der Waals surface area contributed by atoms with Crippen LogP contribution in [0.1, 0.15) is 12.8 Å². The van der Waals surface area contributed by atoms with Crippen molar-refractivity contribution in [3.8, 4) is 0 Å². The summed E-state index contributed by atoms with van der Waals surface area (Å²) in [6, 6.07) is 8.48. The molecule has 1 unspecified atom stereocenters. The highest BCUT2D eigenvalue weighted by Crippen LogP contribution is 2.26. The molecule has 0 radical (unpaired) electrons. The quantitative estimate of drug-likeness (QED) is 0.709. The van der Waals surface area contributed by atoms with Crippen molar-refractivity contribution in [2.45, 2.75) is 18.9 Å². The van der Waals surface area contributed by atoms with Crippen LogP contribution in [0.15, 0.2) is 30.3 Å². The third kappa shape index (κ3) is 4.39. The first-order chi connectivity index (χ1) is 13.5. The number of aldehydes is 1. The summed E-state index contributed by atoms with van der Waals surface area (Å²) < 4.78 is 13.8. The fourth-order valence-electron chi connectivity index (χ4n) is 3.85. The zero-order valence-corrected chi connectivity index (χ0v) is 15.8. The van der Waals surface area contributed by atoms with Gasteiger partial charge < -0.3 is 20.1 Å². The van der Waals surface area contributed by atoms with E-state index in [2.05, 4.69) is 15.2 Å². The molecule has 1 aromatic carbocycles. The van der Waals surface area contributed by atoms with Crippen molar-refractivity contribution in [2.75, 3.05) is 38.1 Å². The minimum Gasteiger partial charge on any atom is -0.465 e. The largest absolute Gasteiger partial charge is 0.465 e. The molecule has 3 rings (SSSR count). The Hall–Kier alpha value is -2.74. The lowest BCUT2D eigenvalue weighted by Crippen LogP contribution is -2.49. The number of nitrogens with zero attached hydrogens (tertiary/aromatic N) is 3. The van der Waals surface area contributed by atoms with Crippen LogP contribution in [0.25, 0.3) is 10.9 Å². The molecular formula is C20H25FN4O3. The number of carboxylic acid groups (broad SMARTS) is 1. The highest BCUT2D eigenvalue weighted by molar-refractivity contribution is 5.81. The Morgan fingerprint density at radius 1 is 1.39 bits per heavy atom. The number of likely N-dealkylation sites (N-methyl/N-ethyl adjacent to an activating group) is 1. The van der Waals surface area contributed by atoms with Gasteiger partial charge in [0.1, 0.15) is 17.9 Å². The Balaban J connectivity index is 1.64. The number of fused-ring (bicyclic) bond motifs is 1. The van der Waals surface area contributed by atoms with Crippen LogP contribution in [-0.2, 0) is 4.79 Å². The summed E-state index contributed by atoms with van der Waals surface area (Å²) in [6.07, 6.45) is 1.28. The van der Waals surface area contributed by atoms with Gasteiger partial charge in [0.15, 0.2) is 0 Å². The minimum atomic E-state index is -1.09. The summed E-state index contributed by atoms with van der Waals surface area (Å²) in [5.41, 5.74) is 0.638. The van der Waals surface area contributed by atoms with Crippen molar-refractivity contribution in [2.24, 2.45) is 5.92 Å². The third-order valence-corrected chi connectivity index (χ3v) is 5.45. The Bertz CT molecular complexity index is 839. The van der Waals surface area contributed by atoms with Gasteiger partial charge >= 0.3 is 6.09 Å². The maximum Gasteiger partial charge on any atom is 0.407 e. The molecule has 150 valence electrons. The SMILES string of the molecule is CNC(CN(CC=O)C(=O)O)C1CCN(c2ccc3c(F)cccc3n2)CC1. The van der Waals surface area contributed by atoms with Gasteiger partial charge in [0, 0.05) is 31.1 Å². The number of halogens is 1. The van der Waals surface area contributed by atoms with E-state index in [0.29, 0.717) is 23.1 Å². The fourth-order valence-corrected chi connectivity index (χ4v) is 3.85. The molecule has 7 nitrogen and oxygen atoms in total. The van der Waals surface area contributed by atoms with Crippen LogP contribution in [0.3, 0.4) is 0 Å². The second-order valence-electron chi connectivity index (χ2n) is 7.05. The van der Waals surface area contributed by atoms with Gasteiger partial charge in [-0.1, -0.05) is 6.07 Å². The predicted octanol–water partition coefficient (Wildman–Crippen LogP) is 2.36. The van der Waals surface area contributed by atoms with Crippen molar-refractivity contribution in [3.63, 3.8) is 0 Å². The Kier molecular flexibility index (Phi) is 6.41. The van der Waals surface area contributed by atoms with Gasteiger partial charge in [-0.3, -0.25) is 4.90 Å². The van der Waals surface area contributed by atoms with Crippen molar-refractivity contribution >= 4 is 29.1 Å². The Labute approximate surface area is 163 Å². The van der Waals surface area contributed by atoms with Crippen LogP contribution in [0.5, 0.6) is 0 Å². The Morgan fingerprint density at radius 3 is 2.79 bits per heavy atom. The van der Waals surface area contributed by atoms with Gasteiger partial charge in [-0.05, 0) is 50.1 Å². The van der Waals surface area contributed by atoms with Gasteiger partial charge in [-0.25, -0.2) is 14.2 Å². The highest BCUT2D eigenvalue weighted by Gasteiger charge is 2.28. The number of rotatable bonds is 7. The van der Waals surface area contributed by atoms with E-state index in [1.54, 1.807) is 18.2 Å². The summed E-state index contributed by atoms with van der Waals surface area (Å²) in [5.74, 6) is 0.851. The van der Waals surface area contributed by atoms with E-state index in [0.717, 1.165) is 36.6 Å². The van der Waals surface area contributed by atoms with Crippen LogP contribution in [-0.4, -0.2) is 66.6 Å². The average Bonchev–Trinajstić information content (AvgIpc) is 2.71. The van der Waals surface area contributed by atoms with Crippen molar-refractivity contribution < 1.29 is 19.1 Å². The molecule has 1 aliphatic heterocycles. The molecule has 2 aromatic rings. The molecule has 0 bridgehead atoms. The molecule has 1 saturated heterocycles. The van der Waals surface area contributed by atoms with Crippen molar-refractivity contribution in [1.82, 2.24) is 15.2 Å². The average molecular weight is 388 g/mol. The molecule has 1 aromatic heterocycles. The topological polar surface area (TPSA) is 85.8 Å². The summed E-state index contributed by atoms with van der Waals surface area (Å²) in [4.78, 5) is 29.9. The number of hydrogen-bond acceptors (Lipinski definition) is 5. The summed E-state index contributed by atoms with van der Waals surface area (Å²) in [5, 5.41) is 13.0. The van der Waals surface area contributed by atoms with E-state index in [4.69, 9.17) is 0 Å². The van der Waals surface area contributed by atoms with Gasteiger partial charge in [0.25, 0.3) is 0 Å². The normalized spacial score (nSPS) is 16.1. The number of hydrogen-bond donors (Lipinski definition) is 2. The minimum absolute atomic E-state index is 0.0168. The van der Waals surface area contributed by atoms with Crippen LogP contribution >= 0.6 is 0 Å². The first kappa shape index (κ1) is 20.0. The predicted molar refractivity (Wildman–Crippen MR) is 105 cm³/mol. The molecule has 0 spiro atoms. The van der Waals surface area contributed by atoms with E-state index >= 15 is 0 Å². The second kappa shape index (κ2) is 8.97. The standard InChI is InChI=1S/C20H25FN4O3/c1-22-18(13-25(11-12-26)20(27)28)14-7-9-24(10-8-14)19-6-5-15-16(21)3-2-4-17(15)23-19/h2-6,12,14,18,22H,7-11,13H2,1H3,(H,27,28). The number of piperidine rings is 1. The number of aromatic nitrogens is 1. The molecule has 0 aliphatic carbocycles. The van der Waals surface area contributed by atoms with Gasteiger partial charge in [0.05, 0.1) is 12.1 Å². The lowest BCUT2D eigenvalue weighted by atomic mass is 9.89. The number of carbonyl (C=O) groups is 2. The summed E-state index contributed by atoms with van der Waals surface area (Å²) >= 11 is 0. The summed E-state index contributed by atoms with van der Waals surface area (Å²) in [7, 11) is 1.82. The maximum atomic E-state index is 13.8. The number of pyridine rings is 1. The lowest BCUT2D eigenvalue weighted by molar-refractivity contribution is -0.108. The van der Waals surface area contributed by atoms with Gasteiger partial charge in [-0.2, -0.15) is 0 Å². The number of benzene rings is 1.